The third-order valence-corrected chi connectivity index (χ3v) is 6.29. The van der Waals surface area contributed by atoms with Gasteiger partial charge >= 0.3 is 0 Å². The average Bonchev–Trinajstić information content (AvgIpc) is 2.81. The highest BCUT2D eigenvalue weighted by Gasteiger charge is 2.46. The van der Waals surface area contributed by atoms with Crippen LogP contribution in [-0.4, -0.2) is 79.2 Å². The van der Waals surface area contributed by atoms with Crippen molar-refractivity contribution in [2.45, 2.75) is 55.6 Å². The molecule has 5 rings (SSSR count). The Hall–Kier alpha value is -2.64. The van der Waals surface area contributed by atoms with Crippen molar-refractivity contribution < 1.29 is 54.7 Å². The molecule has 2 aromatic carbocycles. The normalized spacial score (nSPS) is 35.1. The van der Waals surface area contributed by atoms with Crippen LogP contribution in [0.1, 0.15) is 28.9 Å². The van der Waals surface area contributed by atoms with Crippen molar-refractivity contribution in [3.8, 4) is 23.0 Å². The minimum absolute atomic E-state index is 0.00914. The SMILES string of the molecule is OC[C@H]1O[C@@H](Oc2ccc3c(c2)O[C@@H]2c4ccc(O)c(O)c4CO[C@H]2[C@@H]3O)[C@H](O)[C@@H](O)[C@@H]1O. The van der Waals surface area contributed by atoms with E-state index in [2.05, 4.69) is 0 Å². The van der Waals surface area contributed by atoms with Crippen molar-refractivity contribution in [1.29, 1.82) is 0 Å². The fraction of sp³-hybridized carbons (Fsp3) is 0.455. The summed E-state index contributed by atoms with van der Waals surface area (Å²) in [4.78, 5) is 0. The van der Waals surface area contributed by atoms with E-state index < -0.39 is 55.6 Å². The number of phenols is 2. The third kappa shape index (κ3) is 3.58. The highest BCUT2D eigenvalue weighted by molar-refractivity contribution is 5.52. The van der Waals surface area contributed by atoms with Gasteiger partial charge in [-0.05, 0) is 18.2 Å². The maximum Gasteiger partial charge on any atom is 0.229 e. The Kier molecular flexibility index (Phi) is 5.57. The summed E-state index contributed by atoms with van der Waals surface area (Å²) in [5.41, 5.74) is 1.36. The summed E-state index contributed by atoms with van der Waals surface area (Å²) in [5.74, 6) is -0.165. The van der Waals surface area contributed by atoms with Gasteiger partial charge in [0.05, 0.1) is 13.2 Å². The Labute approximate surface area is 187 Å². The molecule has 3 aliphatic heterocycles. The van der Waals surface area contributed by atoms with Gasteiger partial charge in [0.1, 0.15) is 48.1 Å². The fourth-order valence-electron chi connectivity index (χ4n) is 4.44. The van der Waals surface area contributed by atoms with E-state index in [1.165, 1.54) is 18.2 Å². The van der Waals surface area contributed by atoms with E-state index >= 15 is 0 Å². The number of aromatic hydroxyl groups is 2. The van der Waals surface area contributed by atoms with Crippen molar-refractivity contribution in [2.24, 2.45) is 0 Å². The second-order valence-corrected chi connectivity index (χ2v) is 8.27. The number of benzene rings is 2. The fourth-order valence-corrected chi connectivity index (χ4v) is 4.44. The van der Waals surface area contributed by atoms with Crippen LogP contribution in [0.5, 0.6) is 23.0 Å². The van der Waals surface area contributed by atoms with Crippen LogP contribution in [0.15, 0.2) is 30.3 Å². The molecular weight excluding hydrogens is 440 g/mol. The lowest BCUT2D eigenvalue weighted by Crippen LogP contribution is -2.60. The monoisotopic (exact) mass is 464 g/mol. The Morgan fingerprint density at radius 1 is 0.939 bits per heavy atom. The van der Waals surface area contributed by atoms with Crippen LogP contribution >= 0.6 is 0 Å². The molecule has 0 unspecified atom stereocenters. The van der Waals surface area contributed by atoms with Crippen LogP contribution in [0, 0.1) is 0 Å². The molecule has 8 atom stereocenters. The Morgan fingerprint density at radius 2 is 1.70 bits per heavy atom. The summed E-state index contributed by atoms with van der Waals surface area (Å²) in [6, 6.07) is 7.46. The summed E-state index contributed by atoms with van der Waals surface area (Å²) in [6.07, 6.45) is -9.74. The van der Waals surface area contributed by atoms with Gasteiger partial charge in [-0.2, -0.15) is 0 Å². The molecule has 0 aliphatic carbocycles. The zero-order valence-corrected chi connectivity index (χ0v) is 17.2. The van der Waals surface area contributed by atoms with Crippen molar-refractivity contribution in [3.05, 3.63) is 47.0 Å². The number of aliphatic hydroxyl groups excluding tert-OH is 5. The smallest absolute Gasteiger partial charge is 0.229 e. The third-order valence-electron chi connectivity index (χ3n) is 6.29. The molecular formula is C22H24O11. The molecule has 0 amide bonds. The number of hydrogen-bond donors (Lipinski definition) is 7. The largest absolute Gasteiger partial charge is 0.504 e. The molecule has 2 aromatic rings. The van der Waals surface area contributed by atoms with E-state index in [1.807, 2.05) is 0 Å². The zero-order valence-electron chi connectivity index (χ0n) is 17.2. The topological polar surface area (TPSA) is 179 Å². The number of hydrogen-bond acceptors (Lipinski definition) is 11. The zero-order chi connectivity index (χ0) is 23.4. The van der Waals surface area contributed by atoms with Crippen molar-refractivity contribution in [2.75, 3.05) is 6.61 Å². The van der Waals surface area contributed by atoms with Gasteiger partial charge in [-0.3, -0.25) is 0 Å². The summed E-state index contributed by atoms with van der Waals surface area (Å²) in [6.45, 7) is -0.597. The quantitative estimate of drug-likeness (QED) is 0.287. The minimum Gasteiger partial charge on any atom is -0.504 e. The molecule has 33 heavy (non-hydrogen) atoms. The van der Waals surface area contributed by atoms with E-state index in [1.54, 1.807) is 12.1 Å². The van der Waals surface area contributed by atoms with E-state index in [9.17, 15) is 35.7 Å². The van der Waals surface area contributed by atoms with E-state index in [0.29, 0.717) is 16.7 Å². The van der Waals surface area contributed by atoms with Crippen molar-refractivity contribution >= 4 is 0 Å². The standard InChI is InChI=1S/C22H24O11/c23-6-14-17(27)18(28)19(29)22(33-14)31-8-1-2-10-13(5-8)32-20-9-3-4-12(24)15(25)11(9)7-30-21(20)16(10)26/h1-5,14,16-29H,6-7H2/t14-,16-,17-,18+,19-,20-,21+,22-/m1/s1. The van der Waals surface area contributed by atoms with Crippen LogP contribution in [0.2, 0.25) is 0 Å². The van der Waals surface area contributed by atoms with Gasteiger partial charge in [-0.15, -0.1) is 0 Å². The predicted octanol–water partition coefficient (Wildman–Crippen LogP) is -0.658. The maximum atomic E-state index is 10.9. The van der Waals surface area contributed by atoms with Gasteiger partial charge in [0.2, 0.25) is 6.29 Å². The van der Waals surface area contributed by atoms with Crippen LogP contribution in [0.25, 0.3) is 0 Å². The molecule has 0 saturated carbocycles. The van der Waals surface area contributed by atoms with Gasteiger partial charge in [-0.25, -0.2) is 0 Å². The predicted molar refractivity (Wildman–Crippen MR) is 108 cm³/mol. The molecule has 178 valence electrons. The van der Waals surface area contributed by atoms with Crippen LogP contribution < -0.4 is 9.47 Å². The van der Waals surface area contributed by atoms with Crippen molar-refractivity contribution in [1.82, 2.24) is 0 Å². The second kappa shape index (κ2) is 8.29. The Bertz CT molecular complexity index is 1040. The van der Waals surface area contributed by atoms with Crippen molar-refractivity contribution in [3.63, 3.8) is 0 Å². The lowest BCUT2D eigenvalue weighted by molar-refractivity contribution is -0.277. The summed E-state index contributed by atoms with van der Waals surface area (Å²) in [5, 5.41) is 70.2. The van der Waals surface area contributed by atoms with Gasteiger partial charge in [0, 0.05) is 22.8 Å². The van der Waals surface area contributed by atoms with Crippen LogP contribution in [0.3, 0.4) is 0 Å². The molecule has 0 radical (unpaired) electrons. The average molecular weight is 464 g/mol. The van der Waals surface area contributed by atoms with Gasteiger partial charge in [0.25, 0.3) is 0 Å². The highest BCUT2D eigenvalue weighted by atomic mass is 16.7. The molecule has 11 nitrogen and oxygen atoms in total. The van der Waals surface area contributed by atoms with Crippen LogP contribution in [0.4, 0.5) is 0 Å². The molecule has 0 aromatic heterocycles. The number of fused-ring (bicyclic) bond motifs is 4. The lowest BCUT2D eigenvalue weighted by Gasteiger charge is -2.41. The van der Waals surface area contributed by atoms with Gasteiger partial charge in [-0.1, -0.05) is 6.07 Å². The first-order valence-corrected chi connectivity index (χ1v) is 10.4. The molecule has 0 spiro atoms. The number of ether oxygens (including phenoxy) is 4. The molecule has 3 heterocycles. The van der Waals surface area contributed by atoms with Gasteiger partial charge < -0.3 is 54.7 Å². The molecule has 1 saturated heterocycles. The number of phenolic OH excluding ortho intramolecular Hbond substituents is 2. The summed E-state index contributed by atoms with van der Waals surface area (Å²) < 4.78 is 22.8. The maximum absolute atomic E-state index is 10.9. The summed E-state index contributed by atoms with van der Waals surface area (Å²) in [7, 11) is 0. The Morgan fingerprint density at radius 3 is 2.45 bits per heavy atom. The van der Waals surface area contributed by atoms with Crippen LogP contribution in [-0.2, 0) is 16.1 Å². The number of aliphatic hydroxyl groups is 5. The number of rotatable bonds is 3. The van der Waals surface area contributed by atoms with E-state index in [0.717, 1.165) is 0 Å². The second-order valence-electron chi connectivity index (χ2n) is 8.27. The van der Waals surface area contributed by atoms with Gasteiger partial charge in [0.15, 0.2) is 17.6 Å². The molecule has 7 N–H and O–H groups in total. The lowest BCUT2D eigenvalue weighted by atomic mass is 9.87. The molecule has 1 fully saturated rings. The van der Waals surface area contributed by atoms with E-state index in [4.69, 9.17) is 18.9 Å². The summed E-state index contributed by atoms with van der Waals surface area (Å²) >= 11 is 0. The first-order chi connectivity index (χ1) is 15.8. The molecule has 0 bridgehead atoms. The van der Waals surface area contributed by atoms with E-state index in [-0.39, 0.29) is 29.6 Å². The first-order valence-electron chi connectivity index (χ1n) is 10.4. The Balaban J connectivity index is 1.42. The highest BCUT2D eigenvalue weighted by Crippen LogP contribution is 2.49. The molecule has 11 heteroatoms. The first kappa shape index (κ1) is 22.2. The molecule has 3 aliphatic rings. The minimum atomic E-state index is -1.59.